The Morgan fingerprint density at radius 3 is 2.25 bits per heavy atom. The van der Waals surface area contributed by atoms with Crippen molar-refractivity contribution in [1.82, 2.24) is 25.1 Å². The lowest BCUT2D eigenvalue weighted by Crippen LogP contribution is -2.52. The number of halogens is 8. The van der Waals surface area contributed by atoms with Gasteiger partial charge in [-0.15, -0.1) is 0 Å². The minimum Gasteiger partial charge on any atom is -0.323 e. The third kappa shape index (κ3) is 5.78. The van der Waals surface area contributed by atoms with Gasteiger partial charge in [-0.1, -0.05) is 31.2 Å². The number of benzene rings is 2. The van der Waals surface area contributed by atoms with Crippen LogP contribution in [0.15, 0.2) is 54.1 Å². The molecule has 51 heavy (non-hydrogen) atoms. The van der Waals surface area contributed by atoms with E-state index in [1.54, 1.807) is 36.9 Å². The van der Waals surface area contributed by atoms with Crippen LogP contribution in [-0.4, -0.2) is 36.0 Å². The minimum atomic E-state index is -5.12. The molecule has 4 N–H and O–H groups in total. The molecule has 0 spiro atoms. The second kappa shape index (κ2) is 11.5. The van der Waals surface area contributed by atoms with Crippen LogP contribution in [0.25, 0.3) is 11.3 Å². The van der Waals surface area contributed by atoms with Crippen LogP contribution in [0.2, 0.25) is 0 Å². The number of aromatic nitrogens is 2. The Kier molecular flexibility index (Phi) is 8.26. The van der Waals surface area contributed by atoms with Crippen LogP contribution in [0, 0.1) is 0 Å². The highest BCUT2D eigenvalue weighted by Gasteiger charge is 2.57. The van der Waals surface area contributed by atoms with Gasteiger partial charge < -0.3 is 15.1 Å². The molecule has 9 nitrogen and oxygen atoms in total. The van der Waals surface area contributed by atoms with E-state index in [1.807, 2.05) is 6.92 Å². The summed E-state index contributed by atoms with van der Waals surface area (Å²) in [5.74, 6) is -2.01. The number of hydrogen-bond donors (Lipinski definition) is 4. The van der Waals surface area contributed by atoms with E-state index >= 15 is 8.78 Å². The van der Waals surface area contributed by atoms with Crippen molar-refractivity contribution in [1.29, 1.82) is 0 Å². The summed E-state index contributed by atoms with van der Waals surface area (Å²) < 4.78 is 129. The Morgan fingerprint density at radius 2 is 1.67 bits per heavy atom. The molecular weight excluding hydrogens is 713 g/mol. The van der Waals surface area contributed by atoms with Crippen LogP contribution in [0.4, 0.5) is 39.9 Å². The number of allylic oxidation sites excluding steroid dienone is 2. The first-order valence-corrected chi connectivity index (χ1v) is 17.2. The summed E-state index contributed by atoms with van der Waals surface area (Å²) in [5.41, 5.74) is -6.71. The second-order valence-electron chi connectivity index (χ2n) is 13.7. The predicted octanol–water partition coefficient (Wildman–Crippen LogP) is 7.69. The monoisotopic (exact) mass is 745 g/mol. The molecule has 1 aliphatic carbocycles. The van der Waals surface area contributed by atoms with Gasteiger partial charge in [0.2, 0.25) is 0 Å². The Bertz CT molecular complexity index is 2100. The van der Waals surface area contributed by atoms with Crippen molar-refractivity contribution in [2.24, 2.45) is 0 Å². The summed E-state index contributed by atoms with van der Waals surface area (Å²) in [6, 6.07) is 4.90. The van der Waals surface area contributed by atoms with Gasteiger partial charge in [-0.2, -0.15) is 31.4 Å². The third-order valence-electron chi connectivity index (χ3n) is 9.95. The Labute approximate surface area is 286 Å². The lowest BCUT2D eigenvalue weighted by atomic mass is 9.65. The smallest absolute Gasteiger partial charge is 0.323 e. The lowest BCUT2D eigenvalue weighted by Gasteiger charge is -2.44. The number of carbonyl (C=O) groups is 1. The summed E-state index contributed by atoms with van der Waals surface area (Å²) in [5, 5.41) is 8.35. The van der Waals surface area contributed by atoms with Crippen LogP contribution >= 0.6 is 7.75 Å². The molecule has 0 bridgehead atoms. The van der Waals surface area contributed by atoms with Crippen molar-refractivity contribution < 1.29 is 54.3 Å². The fourth-order valence-electron chi connectivity index (χ4n) is 7.41. The zero-order valence-corrected chi connectivity index (χ0v) is 28.6. The van der Waals surface area contributed by atoms with E-state index in [9.17, 15) is 45.5 Å². The zero-order chi connectivity index (χ0) is 37.9. The molecule has 18 heteroatoms. The summed E-state index contributed by atoms with van der Waals surface area (Å²) >= 11 is 0. The second-order valence-corrected chi connectivity index (χ2v) is 15.0. The van der Waals surface area contributed by atoms with E-state index in [1.165, 1.54) is 16.7 Å². The van der Waals surface area contributed by atoms with E-state index in [0.29, 0.717) is 35.0 Å². The molecule has 2 aliphatic heterocycles. The number of para-hydroxylation sites is 1. The van der Waals surface area contributed by atoms with Gasteiger partial charge in [-0.25, -0.2) is 27.9 Å². The molecular formula is C33H32F8N5O4P. The van der Waals surface area contributed by atoms with Crippen LogP contribution in [0.1, 0.15) is 79.4 Å². The van der Waals surface area contributed by atoms with Gasteiger partial charge in [0.15, 0.2) is 0 Å². The maximum atomic E-state index is 17.0. The largest absolute Gasteiger partial charge is 0.431 e. The van der Waals surface area contributed by atoms with Gasteiger partial charge >= 0.3 is 26.1 Å². The highest BCUT2D eigenvalue weighted by atomic mass is 31.2. The fraction of sp³-hybridized carbons (Fsp3) is 0.394. The number of urea groups is 1. The minimum absolute atomic E-state index is 0.0685. The molecule has 2 aromatic carbocycles. The molecule has 3 aromatic rings. The topological polar surface area (TPSA) is 120 Å². The number of nitrogens with one attached hydrogen (secondary N) is 2. The van der Waals surface area contributed by atoms with Crippen molar-refractivity contribution in [3.63, 3.8) is 0 Å². The molecule has 6 rings (SSSR count). The Hall–Kier alpha value is -4.05. The van der Waals surface area contributed by atoms with Crippen molar-refractivity contribution >= 4 is 19.4 Å². The van der Waals surface area contributed by atoms with Crippen molar-refractivity contribution in [3.8, 4) is 5.69 Å². The predicted molar refractivity (Wildman–Crippen MR) is 168 cm³/mol. The number of aryl methyl sites for hydroxylation is 1. The van der Waals surface area contributed by atoms with Crippen molar-refractivity contribution in [3.05, 3.63) is 98.9 Å². The van der Waals surface area contributed by atoms with Crippen LogP contribution in [-0.2, 0) is 47.4 Å². The lowest BCUT2D eigenvalue weighted by molar-refractivity contribution is -0.143. The van der Waals surface area contributed by atoms with Crippen LogP contribution in [0.5, 0.6) is 0 Å². The van der Waals surface area contributed by atoms with Gasteiger partial charge in [0, 0.05) is 29.8 Å². The molecule has 2 unspecified atom stereocenters. The Morgan fingerprint density at radius 1 is 1.00 bits per heavy atom. The SMILES string of the molecule is CCc1cccc2c1-n1nc3c(c1C1(C)C(F)=CC(C)(NC(=O)NP(=O)(O)O)C(F)=C21)CN(Cc1ccc(C(F)(F)F)cc1C(F)(F)F)C3(C)C. The number of nitrogens with zero attached hydrogens (tertiary/aromatic N) is 3. The van der Waals surface area contributed by atoms with Gasteiger partial charge in [0.25, 0.3) is 0 Å². The highest BCUT2D eigenvalue weighted by molar-refractivity contribution is 7.50. The summed E-state index contributed by atoms with van der Waals surface area (Å²) in [6.45, 7) is 7.06. The molecule has 3 heterocycles. The van der Waals surface area contributed by atoms with E-state index in [-0.39, 0.29) is 29.4 Å². The van der Waals surface area contributed by atoms with E-state index < -0.39 is 77.5 Å². The molecule has 0 saturated carbocycles. The maximum Gasteiger partial charge on any atom is 0.431 e. The normalized spacial score (nSPS) is 22.9. The average molecular weight is 746 g/mol. The van der Waals surface area contributed by atoms with E-state index in [4.69, 9.17) is 5.10 Å². The number of hydrogen-bond acceptors (Lipinski definition) is 4. The summed E-state index contributed by atoms with van der Waals surface area (Å²) in [4.78, 5) is 32.4. The molecule has 0 fully saturated rings. The quantitative estimate of drug-likeness (QED) is 0.157. The maximum absolute atomic E-state index is 17.0. The molecule has 2 atom stereocenters. The van der Waals surface area contributed by atoms with Gasteiger partial charge in [-0.3, -0.25) is 4.90 Å². The number of rotatable bonds is 5. The van der Waals surface area contributed by atoms with Crippen molar-refractivity contribution in [2.45, 2.75) is 83.0 Å². The first-order chi connectivity index (χ1) is 23.3. The first kappa shape index (κ1) is 36.7. The third-order valence-corrected chi connectivity index (χ3v) is 10.4. The first-order valence-electron chi connectivity index (χ1n) is 15.6. The van der Waals surface area contributed by atoms with E-state index in [0.717, 1.165) is 19.1 Å². The number of fused-ring (bicyclic) bond motifs is 8. The number of alkyl halides is 6. The standard InChI is InChI=1S/C33H32F8N5O4P/c1-6-16-8-7-9-19-23-25(35)30(4,42-28(47)44-51(48,49)50)13-22(34)31(23,5)27-20-15-45(29(2,3)26(20)43-46(27)24(16)19)14-17-10-11-18(32(36,37)38)12-21(17)33(39,40)41/h7-13H,6,14-15H2,1-5H3,(H4,42,44,47,48,49,50). The van der Waals surface area contributed by atoms with Gasteiger partial charge in [0.05, 0.1) is 39.2 Å². The summed E-state index contributed by atoms with van der Waals surface area (Å²) in [6.07, 6.45) is -8.93. The van der Waals surface area contributed by atoms with Crippen LogP contribution < -0.4 is 10.4 Å². The van der Waals surface area contributed by atoms with Crippen molar-refractivity contribution in [2.75, 3.05) is 0 Å². The van der Waals surface area contributed by atoms with E-state index in [2.05, 4.69) is 5.32 Å². The average Bonchev–Trinajstić information content (AvgIpc) is 3.48. The zero-order valence-electron chi connectivity index (χ0n) is 27.7. The number of amides is 2. The fourth-order valence-corrected chi connectivity index (χ4v) is 7.73. The summed E-state index contributed by atoms with van der Waals surface area (Å²) in [7, 11) is -5.12. The molecule has 0 saturated heterocycles. The van der Waals surface area contributed by atoms with Gasteiger partial charge in [-0.05, 0) is 63.5 Å². The highest BCUT2D eigenvalue weighted by Crippen LogP contribution is 2.59. The molecule has 2 amide bonds. The molecule has 1 aromatic heterocycles. The molecule has 3 aliphatic rings. The molecule has 0 radical (unpaired) electrons. The van der Waals surface area contributed by atoms with Crippen LogP contribution in [0.3, 0.4) is 0 Å². The molecule has 274 valence electrons. The number of carbonyl (C=O) groups excluding carboxylic acids is 1. The van der Waals surface area contributed by atoms with Gasteiger partial charge in [0.1, 0.15) is 17.2 Å². The Balaban J connectivity index is 1.52.